The molecule has 0 atom stereocenters. The lowest BCUT2D eigenvalue weighted by atomic mass is 10.1. The van der Waals surface area contributed by atoms with Crippen molar-refractivity contribution in [3.63, 3.8) is 0 Å². The second-order valence-electron chi connectivity index (χ2n) is 5.83. The number of hydrogen-bond acceptors (Lipinski definition) is 7. The Balaban J connectivity index is 1.76. The summed E-state index contributed by atoms with van der Waals surface area (Å²) in [5.41, 5.74) is 9.90. The number of hydrogen-bond donors (Lipinski definition) is 3. The Labute approximate surface area is 153 Å². The van der Waals surface area contributed by atoms with E-state index in [1.807, 2.05) is 24.3 Å². The van der Waals surface area contributed by atoms with Crippen LogP contribution in [0.25, 0.3) is 22.4 Å². The Morgan fingerprint density at radius 1 is 1.15 bits per heavy atom. The van der Waals surface area contributed by atoms with Crippen LogP contribution in [-0.4, -0.2) is 24.9 Å². The number of fused-ring (bicyclic) bond motifs is 1. The lowest BCUT2D eigenvalue weighted by Gasteiger charge is -2.08. The van der Waals surface area contributed by atoms with E-state index in [0.717, 1.165) is 11.1 Å². The number of H-pyrrole nitrogens is 1. The highest BCUT2D eigenvalue weighted by Crippen LogP contribution is 2.27. The van der Waals surface area contributed by atoms with E-state index in [1.165, 1.54) is 12.1 Å². The molecule has 4 N–H and O–H groups in total. The third-order valence-electron chi connectivity index (χ3n) is 4.06. The van der Waals surface area contributed by atoms with Crippen molar-refractivity contribution in [2.75, 3.05) is 5.32 Å². The van der Waals surface area contributed by atoms with Gasteiger partial charge < -0.3 is 16.0 Å². The highest BCUT2D eigenvalue weighted by Gasteiger charge is 2.13. The number of rotatable bonds is 5. The SMILES string of the molecule is NCc1ccc(-c2nc(Nc3cccc([N+](=O)[O-])c3)nc3[nH]cnc23)cc1. The van der Waals surface area contributed by atoms with E-state index in [0.29, 0.717) is 35.0 Å². The number of aromatic amines is 1. The Kier molecular flexibility index (Phi) is 4.19. The number of nitrogens with one attached hydrogen (secondary N) is 2. The molecular weight excluding hydrogens is 346 g/mol. The first-order valence-electron chi connectivity index (χ1n) is 8.16. The smallest absolute Gasteiger partial charge is 0.271 e. The molecular formula is C18H15N7O2. The van der Waals surface area contributed by atoms with Crippen molar-refractivity contribution < 1.29 is 4.92 Å². The standard InChI is InChI=1S/C18H15N7O2/c19-9-11-4-6-12(7-5-11)15-16-17(21-10-20-16)24-18(23-15)22-13-2-1-3-14(8-13)25(26)27/h1-8,10H,9,19H2,(H2,20,21,22,23,24). The van der Waals surface area contributed by atoms with Gasteiger partial charge in [0, 0.05) is 29.9 Å². The summed E-state index contributed by atoms with van der Waals surface area (Å²) in [4.78, 5) is 26.7. The number of benzene rings is 2. The second-order valence-corrected chi connectivity index (χ2v) is 5.83. The van der Waals surface area contributed by atoms with Gasteiger partial charge in [0.2, 0.25) is 5.95 Å². The van der Waals surface area contributed by atoms with Crippen molar-refractivity contribution in [2.45, 2.75) is 6.54 Å². The number of nitrogens with two attached hydrogens (primary N) is 1. The first-order valence-corrected chi connectivity index (χ1v) is 8.16. The predicted molar refractivity (Wildman–Crippen MR) is 101 cm³/mol. The van der Waals surface area contributed by atoms with E-state index >= 15 is 0 Å². The maximum absolute atomic E-state index is 11.0. The molecule has 0 radical (unpaired) electrons. The molecule has 0 bridgehead atoms. The Morgan fingerprint density at radius 3 is 2.70 bits per heavy atom. The van der Waals surface area contributed by atoms with E-state index in [9.17, 15) is 10.1 Å². The molecule has 2 aromatic heterocycles. The summed E-state index contributed by atoms with van der Waals surface area (Å²) < 4.78 is 0. The van der Waals surface area contributed by atoms with Crippen LogP contribution < -0.4 is 11.1 Å². The summed E-state index contributed by atoms with van der Waals surface area (Å²) >= 11 is 0. The third-order valence-corrected chi connectivity index (χ3v) is 4.06. The minimum atomic E-state index is -0.450. The van der Waals surface area contributed by atoms with Crippen LogP contribution in [0.5, 0.6) is 0 Å². The van der Waals surface area contributed by atoms with Crippen molar-refractivity contribution in [3.05, 3.63) is 70.5 Å². The fourth-order valence-corrected chi connectivity index (χ4v) is 2.72. The molecule has 2 aromatic carbocycles. The molecule has 0 aliphatic rings. The van der Waals surface area contributed by atoms with Crippen molar-refractivity contribution in [3.8, 4) is 11.3 Å². The number of anilines is 2. The summed E-state index contributed by atoms with van der Waals surface area (Å²) in [5.74, 6) is 0.310. The zero-order valence-corrected chi connectivity index (χ0v) is 14.1. The van der Waals surface area contributed by atoms with E-state index in [4.69, 9.17) is 5.73 Å². The van der Waals surface area contributed by atoms with Gasteiger partial charge in [0.1, 0.15) is 11.2 Å². The predicted octanol–water partition coefficient (Wildman–Crippen LogP) is 3.13. The third kappa shape index (κ3) is 3.31. The number of aromatic nitrogens is 4. The molecule has 0 aliphatic carbocycles. The number of nitrogens with zero attached hydrogens (tertiary/aromatic N) is 4. The number of nitro groups is 1. The van der Waals surface area contributed by atoms with Crippen LogP contribution in [0, 0.1) is 10.1 Å². The van der Waals surface area contributed by atoms with Crippen LogP contribution in [0.2, 0.25) is 0 Å². The number of imidazole rings is 1. The van der Waals surface area contributed by atoms with Gasteiger partial charge in [-0.05, 0) is 11.6 Å². The Morgan fingerprint density at radius 2 is 1.96 bits per heavy atom. The first-order chi connectivity index (χ1) is 13.1. The van der Waals surface area contributed by atoms with Crippen molar-refractivity contribution in [1.82, 2.24) is 19.9 Å². The largest absolute Gasteiger partial charge is 0.329 e. The van der Waals surface area contributed by atoms with Gasteiger partial charge in [-0.3, -0.25) is 10.1 Å². The van der Waals surface area contributed by atoms with Gasteiger partial charge in [0.25, 0.3) is 5.69 Å². The lowest BCUT2D eigenvalue weighted by molar-refractivity contribution is -0.384. The van der Waals surface area contributed by atoms with Crippen LogP contribution in [0.4, 0.5) is 17.3 Å². The van der Waals surface area contributed by atoms with Crippen LogP contribution in [0.1, 0.15) is 5.56 Å². The van der Waals surface area contributed by atoms with Gasteiger partial charge in [0.15, 0.2) is 5.65 Å². The van der Waals surface area contributed by atoms with Crippen molar-refractivity contribution >= 4 is 28.5 Å². The fraction of sp³-hybridized carbons (Fsp3) is 0.0556. The van der Waals surface area contributed by atoms with Crippen molar-refractivity contribution in [1.29, 1.82) is 0 Å². The molecule has 0 amide bonds. The topological polar surface area (TPSA) is 136 Å². The quantitative estimate of drug-likeness (QED) is 0.367. The average Bonchev–Trinajstić information content (AvgIpc) is 3.16. The molecule has 134 valence electrons. The van der Waals surface area contributed by atoms with Crippen LogP contribution in [-0.2, 0) is 6.54 Å². The Hall–Kier alpha value is -3.85. The van der Waals surface area contributed by atoms with Crippen LogP contribution in [0.15, 0.2) is 54.9 Å². The molecule has 0 saturated carbocycles. The second kappa shape index (κ2) is 6.81. The zero-order chi connectivity index (χ0) is 18.8. The monoisotopic (exact) mass is 361 g/mol. The maximum Gasteiger partial charge on any atom is 0.271 e. The fourth-order valence-electron chi connectivity index (χ4n) is 2.72. The van der Waals surface area contributed by atoms with E-state index in [1.54, 1.807) is 18.5 Å². The van der Waals surface area contributed by atoms with E-state index in [-0.39, 0.29) is 5.69 Å². The van der Waals surface area contributed by atoms with Gasteiger partial charge in [0.05, 0.1) is 11.3 Å². The molecule has 9 nitrogen and oxygen atoms in total. The van der Waals surface area contributed by atoms with Crippen LogP contribution >= 0.6 is 0 Å². The van der Waals surface area contributed by atoms with E-state index < -0.39 is 4.92 Å². The normalized spacial score (nSPS) is 10.9. The van der Waals surface area contributed by atoms with Crippen LogP contribution in [0.3, 0.4) is 0 Å². The lowest BCUT2D eigenvalue weighted by Crippen LogP contribution is -2.01. The van der Waals surface area contributed by atoms with Gasteiger partial charge in [-0.25, -0.2) is 9.97 Å². The molecule has 2 heterocycles. The first kappa shape index (κ1) is 16.6. The average molecular weight is 361 g/mol. The number of nitro benzene ring substituents is 1. The van der Waals surface area contributed by atoms with Gasteiger partial charge in [-0.2, -0.15) is 4.98 Å². The molecule has 4 rings (SSSR count). The summed E-state index contributed by atoms with van der Waals surface area (Å²) in [6.45, 7) is 0.460. The highest BCUT2D eigenvalue weighted by atomic mass is 16.6. The molecule has 0 saturated heterocycles. The highest BCUT2D eigenvalue weighted by molar-refractivity contribution is 5.88. The summed E-state index contributed by atoms with van der Waals surface area (Å²) in [5, 5.41) is 14.0. The maximum atomic E-state index is 11.0. The minimum Gasteiger partial charge on any atom is -0.329 e. The van der Waals surface area contributed by atoms with Crippen molar-refractivity contribution in [2.24, 2.45) is 5.73 Å². The molecule has 27 heavy (non-hydrogen) atoms. The van der Waals surface area contributed by atoms with Gasteiger partial charge in [-0.15, -0.1) is 0 Å². The molecule has 9 heteroatoms. The minimum absolute atomic E-state index is 0.0137. The molecule has 4 aromatic rings. The summed E-state index contributed by atoms with van der Waals surface area (Å²) in [6.07, 6.45) is 1.55. The Bertz CT molecular complexity index is 1120. The molecule has 0 fully saturated rings. The zero-order valence-electron chi connectivity index (χ0n) is 14.1. The molecule has 0 aliphatic heterocycles. The number of non-ortho nitro benzene ring substituents is 1. The van der Waals surface area contributed by atoms with Gasteiger partial charge >= 0.3 is 0 Å². The van der Waals surface area contributed by atoms with Gasteiger partial charge in [-0.1, -0.05) is 30.3 Å². The molecule has 0 spiro atoms. The van der Waals surface area contributed by atoms with E-state index in [2.05, 4.69) is 25.3 Å². The summed E-state index contributed by atoms with van der Waals surface area (Å²) in [6, 6.07) is 13.9. The molecule has 0 unspecified atom stereocenters. The summed E-state index contributed by atoms with van der Waals surface area (Å²) in [7, 11) is 0.